The van der Waals surface area contributed by atoms with Crippen molar-refractivity contribution in [1.82, 2.24) is 47.3 Å². The van der Waals surface area contributed by atoms with Gasteiger partial charge in [0.1, 0.15) is 114 Å². The molecule has 19 N–H and O–H groups in total. The Hall–Kier alpha value is -10.2. The number of amides is 8. The summed E-state index contributed by atoms with van der Waals surface area (Å²) in [6.45, 7) is 3.39. The molecule has 34 nitrogen and oxygen atoms in total. The van der Waals surface area contributed by atoms with Crippen molar-refractivity contribution in [2.45, 2.75) is 155 Å². The molecule has 5 fully saturated rings. The smallest absolute Gasteiger partial charge is 0.264 e. The summed E-state index contributed by atoms with van der Waals surface area (Å²) in [5.74, 6) is -13.9. The Morgan fingerprint density at radius 3 is 1.85 bits per heavy atom. The number of aromatic hydroxyl groups is 3. The molecule has 6 aromatic carbocycles. The lowest BCUT2D eigenvalue weighted by Crippen LogP contribution is -2.60. The van der Waals surface area contributed by atoms with Gasteiger partial charge in [-0.25, -0.2) is 13.1 Å². The lowest BCUT2D eigenvalue weighted by Gasteiger charge is -2.54. The van der Waals surface area contributed by atoms with Crippen molar-refractivity contribution in [3.05, 3.63) is 141 Å². The van der Waals surface area contributed by atoms with Gasteiger partial charge in [-0.1, -0.05) is 55.2 Å². The van der Waals surface area contributed by atoms with Crippen LogP contribution in [0.4, 0.5) is 0 Å². The maximum Gasteiger partial charge on any atom is 0.264 e. The number of likely N-dealkylation sites (N-methyl/N-ethyl adjacent to an activating group) is 1. The van der Waals surface area contributed by atoms with E-state index in [0.717, 1.165) is 105 Å². The molecular formula is C78H88Cl2N10O24S. The first kappa shape index (κ1) is 82.8. The fourth-order valence-electron chi connectivity index (χ4n) is 16.4. The van der Waals surface area contributed by atoms with Crippen LogP contribution in [-0.4, -0.2) is 191 Å². The molecule has 37 heteroatoms. The second kappa shape index (κ2) is 34.3. The number of benzene rings is 6. The first-order valence-corrected chi connectivity index (χ1v) is 39.5. The summed E-state index contributed by atoms with van der Waals surface area (Å²) in [5.41, 5.74) is 3.66. The average molecular weight is 1650 g/mol. The number of sulfonamides is 1. The zero-order valence-electron chi connectivity index (χ0n) is 62.3. The molecule has 0 spiro atoms. The molecule has 16 rings (SSSR count). The van der Waals surface area contributed by atoms with Crippen LogP contribution in [0.15, 0.2) is 108 Å². The van der Waals surface area contributed by atoms with Crippen LogP contribution in [0.3, 0.4) is 0 Å². The van der Waals surface area contributed by atoms with Gasteiger partial charge in [0, 0.05) is 36.9 Å². The first-order valence-electron chi connectivity index (χ1n) is 37.3. The molecule has 10 aliphatic rings. The molecule has 4 saturated carbocycles. The Morgan fingerprint density at radius 1 is 0.635 bits per heavy atom. The Morgan fingerprint density at radius 2 is 1.24 bits per heavy atom. The molecule has 0 radical (unpaired) electrons. The summed E-state index contributed by atoms with van der Waals surface area (Å²) in [6, 6.07) is 4.18. The number of nitrogens with one attached hydrogen (secondary N) is 9. The normalized spacial score (nSPS) is 28.1. The van der Waals surface area contributed by atoms with Crippen molar-refractivity contribution in [1.29, 1.82) is 0 Å². The molecule has 14 atom stereocenters. The number of phenols is 3. The van der Waals surface area contributed by atoms with E-state index < -0.39 is 205 Å². The quantitative estimate of drug-likeness (QED) is 0.0550. The van der Waals surface area contributed by atoms with E-state index in [9.17, 15) is 58.9 Å². The highest BCUT2D eigenvalue weighted by molar-refractivity contribution is 7.90. The van der Waals surface area contributed by atoms with Crippen molar-refractivity contribution in [3.63, 3.8) is 0 Å². The molecule has 6 aliphatic heterocycles. The highest BCUT2D eigenvalue weighted by Crippen LogP contribution is 2.55. The van der Waals surface area contributed by atoms with Crippen molar-refractivity contribution < 1.29 is 116 Å². The largest absolute Gasteiger partial charge is 0.508 e. The fraction of sp³-hybridized carbons (Fsp3) is 0.436. The number of carbonyl (C=O) groups is 8. The van der Waals surface area contributed by atoms with Gasteiger partial charge in [-0.05, 0) is 182 Å². The second-order valence-electron chi connectivity index (χ2n) is 30.2. The van der Waals surface area contributed by atoms with Crippen LogP contribution in [0.1, 0.15) is 117 Å². The molecule has 4 aliphatic carbocycles. The summed E-state index contributed by atoms with van der Waals surface area (Å²) < 4.78 is 66.3. The van der Waals surface area contributed by atoms with E-state index in [1.54, 1.807) is 13.8 Å². The predicted molar refractivity (Wildman–Crippen MR) is 406 cm³/mol. The summed E-state index contributed by atoms with van der Waals surface area (Å²) in [7, 11) is -2.01. The average Bonchev–Trinajstić information content (AvgIpc) is 0.757. The third kappa shape index (κ3) is 17.7. The lowest BCUT2D eigenvalue weighted by atomic mass is 9.54. The molecule has 115 heavy (non-hydrogen) atoms. The summed E-state index contributed by atoms with van der Waals surface area (Å²) in [5, 5.41) is 115. The van der Waals surface area contributed by atoms with Gasteiger partial charge in [0.05, 0.1) is 34.0 Å². The van der Waals surface area contributed by atoms with Crippen LogP contribution in [0.25, 0.3) is 11.1 Å². The van der Waals surface area contributed by atoms with Crippen LogP contribution in [0.5, 0.6) is 51.7 Å². The number of nitrogens with two attached hydrogens (primary N) is 1. The molecule has 6 heterocycles. The van der Waals surface area contributed by atoms with Gasteiger partial charge in [0.15, 0.2) is 11.5 Å². The topological polar surface area (TPSA) is 522 Å². The van der Waals surface area contributed by atoms with Crippen LogP contribution in [-0.2, 0) is 57.9 Å². The summed E-state index contributed by atoms with van der Waals surface area (Å²) in [6.07, 6.45) is -10.6. The van der Waals surface area contributed by atoms with Crippen LogP contribution < -0.4 is 71.9 Å². The Kier molecular flexibility index (Phi) is 24.7. The van der Waals surface area contributed by atoms with Crippen LogP contribution in [0, 0.1) is 29.6 Å². The van der Waals surface area contributed by atoms with Gasteiger partial charge < -0.3 is 118 Å². The number of carbonyl (C=O) groups excluding carboxylic acids is 8. The summed E-state index contributed by atoms with van der Waals surface area (Å²) in [4.78, 5) is 123. The number of aliphatic hydroxyl groups excluding tert-OH is 5. The minimum Gasteiger partial charge on any atom is -0.508 e. The van der Waals surface area contributed by atoms with Gasteiger partial charge in [-0.2, -0.15) is 0 Å². The maximum atomic E-state index is 16.4. The summed E-state index contributed by atoms with van der Waals surface area (Å²) >= 11 is 14.2. The number of aliphatic hydroxyl groups is 5. The van der Waals surface area contributed by atoms with Crippen LogP contribution in [0.2, 0.25) is 10.0 Å². The molecule has 614 valence electrons. The van der Waals surface area contributed by atoms with E-state index in [4.69, 9.17) is 57.4 Å². The number of phenolic OH excluding ortho intramolecular Hbond substituents is 3. The monoisotopic (exact) mass is 1650 g/mol. The van der Waals surface area contributed by atoms with Gasteiger partial charge in [0.2, 0.25) is 59.3 Å². The molecule has 0 aromatic heterocycles. The van der Waals surface area contributed by atoms with Gasteiger partial charge >= 0.3 is 0 Å². The maximum absolute atomic E-state index is 16.4. The highest BCUT2D eigenvalue weighted by Gasteiger charge is 2.51. The molecular weight excluding hydrogens is 1560 g/mol. The molecule has 15 bridgehead atoms. The minimum absolute atomic E-state index is 0.0597. The zero-order chi connectivity index (χ0) is 82.3. The van der Waals surface area contributed by atoms with E-state index in [2.05, 4.69) is 42.5 Å². The number of hydrogen-bond acceptors (Lipinski definition) is 26. The first-order chi connectivity index (χ1) is 54.8. The number of halogens is 2. The molecule has 6 aromatic rings. The van der Waals surface area contributed by atoms with Gasteiger partial charge in [-0.3, -0.25) is 38.4 Å². The zero-order valence-corrected chi connectivity index (χ0v) is 64.6. The highest BCUT2D eigenvalue weighted by atomic mass is 35.5. The predicted octanol–water partition coefficient (Wildman–Crippen LogP) is 2.74. The van der Waals surface area contributed by atoms with Crippen molar-refractivity contribution >= 4 is 80.5 Å². The van der Waals surface area contributed by atoms with E-state index in [-0.39, 0.29) is 99.1 Å². The Labute approximate surface area is 668 Å². The number of ether oxygens (including phenoxy) is 6. The van der Waals surface area contributed by atoms with E-state index in [0.29, 0.717) is 11.8 Å². The fourth-order valence-corrected chi connectivity index (χ4v) is 17.8. The SMILES string of the molecule is CN[C@H](CC(C)C)C(=O)N[C@H]1C(=O)N[C@@H](CC(=O)NS(=O)(=O)c2ccc(OCCOC)cc2)C(=O)N[C@H]2C(=O)N[C@H]3C(=O)N[C@H](C(=O)N[C@H](C(=O)NC4C5CC6CC(C5)CC4C6)c4cc(O)cc(O)c4-c4cc3ccc4O)[C@H](O)c3ccc(c(Cl)c3)Oc3cc2cc(c3O[C@@H]2O[C@H](CN)[C@@H](O)[C@H](O)[C@H]2O)Oc2ccc(cc2Cl)[C@H]1O. The molecule has 8 amide bonds. The number of rotatable bonds is 18. The molecule has 1 saturated heterocycles. The standard InChI is InChI=1S/C78H88Cl2N10O24S/c1-32(2)17-48(82-3)71(100)88-63-65(95)36-6-13-52(46(79)24-36)111-54-26-40-27-55(70(54)114-78-69(99)68(98)67(97)56(31-81)113-78)112-53-14-7-37(25-47(53)80)66(96)64-77(106)87-62(75(104)84-59-38-19-33-18-34(21-38)22-39(59)20-33)45-28-41(91)29-51(93)58(45)44-23-35(5-12-50(44)92)60(73(102)89-64)86-74(103)61(40)85-72(101)49(83-76(63)105)30-57(94)90-115(107,108)43-10-8-42(9-11-43)110-16-15-109-4/h5-14,23-29,32-34,38-39,48-49,56,59-69,78,82,91-93,95-99H,15-22,30-31,81H2,1-4H3,(H,83,105)(H,84,104)(H,85,101)(H,86,103)(H,87,106)(H,88,100)(H,89,102)(H,90,94)/t33?,34?,38?,39?,48-,49+,56-,59?,60-,61-,62+,63-,64+,65-,66-,67-,68+,69-,78+/m1/s1. The van der Waals surface area contributed by atoms with E-state index in [1.165, 1.54) is 44.5 Å². The van der Waals surface area contributed by atoms with Crippen LogP contribution >= 0.6 is 23.2 Å². The Bertz CT molecular complexity index is 4860. The van der Waals surface area contributed by atoms with Crippen molar-refractivity contribution in [2.24, 2.45) is 35.3 Å². The molecule has 0 unspecified atom stereocenters. The number of hydrogen-bond donors (Lipinski definition) is 18. The van der Waals surface area contributed by atoms with Crippen molar-refractivity contribution in [2.75, 3.05) is 33.9 Å². The van der Waals surface area contributed by atoms with E-state index in [1.807, 2.05) is 4.72 Å². The van der Waals surface area contributed by atoms with Crippen molar-refractivity contribution in [3.8, 4) is 62.9 Å². The minimum atomic E-state index is -4.90. The lowest BCUT2D eigenvalue weighted by molar-refractivity contribution is -0.270. The van der Waals surface area contributed by atoms with E-state index >= 15 is 28.8 Å². The number of fused-ring (bicyclic) bond motifs is 15. The third-order valence-electron chi connectivity index (χ3n) is 21.9. The second-order valence-corrected chi connectivity index (χ2v) is 32.7. The van der Waals surface area contributed by atoms with Gasteiger partial charge in [0.25, 0.3) is 10.0 Å². The third-order valence-corrected chi connectivity index (χ3v) is 23.9. The number of methoxy groups -OCH3 is 1. The van der Waals surface area contributed by atoms with Gasteiger partial charge in [-0.15, -0.1) is 0 Å². The Balaban J connectivity index is 1.000.